The molecule has 0 fully saturated rings. The average molecular weight is 198 g/mol. The molecule has 6 heteroatoms. The van der Waals surface area contributed by atoms with Crippen molar-refractivity contribution in [2.24, 2.45) is 0 Å². The summed E-state index contributed by atoms with van der Waals surface area (Å²) in [6, 6.07) is 0. The van der Waals surface area contributed by atoms with Crippen molar-refractivity contribution >= 4 is 22.4 Å². The van der Waals surface area contributed by atoms with E-state index in [1.165, 1.54) is 6.20 Å². The largest absolute Gasteiger partial charge is 0.314 e. The molecule has 1 aromatic rings. The summed E-state index contributed by atoms with van der Waals surface area (Å²) in [6.07, 6.45) is 3.21. The molecule has 0 unspecified atom stereocenters. The maximum Gasteiger partial charge on any atom is 0.239 e. The van der Waals surface area contributed by atoms with E-state index in [0.29, 0.717) is 11.5 Å². The second-order valence-corrected chi connectivity index (χ2v) is 3.04. The molecule has 0 aromatic carbocycles. The van der Waals surface area contributed by atoms with Crippen LogP contribution in [-0.2, 0) is 4.79 Å². The number of nitrogens with one attached hydrogen (secondary N) is 2. The SMILES string of the molecule is C=CCNCC(=O)Nc1cnns1. The van der Waals surface area contributed by atoms with E-state index in [1.54, 1.807) is 6.08 Å². The predicted molar refractivity (Wildman–Crippen MR) is 51.6 cm³/mol. The van der Waals surface area contributed by atoms with Crippen LogP contribution in [0.2, 0.25) is 0 Å². The highest BCUT2D eigenvalue weighted by molar-refractivity contribution is 7.10. The standard InChI is InChI=1S/C7H10N4OS/c1-2-3-8-4-6(12)10-7-5-9-11-13-7/h2,5,8H,1,3-4H2,(H,10,12). The van der Waals surface area contributed by atoms with E-state index in [-0.39, 0.29) is 12.5 Å². The van der Waals surface area contributed by atoms with Crippen molar-refractivity contribution in [3.63, 3.8) is 0 Å². The number of nitrogens with zero attached hydrogens (tertiary/aromatic N) is 2. The van der Waals surface area contributed by atoms with E-state index in [4.69, 9.17) is 0 Å². The molecule has 0 spiro atoms. The van der Waals surface area contributed by atoms with Gasteiger partial charge in [-0.2, -0.15) is 0 Å². The lowest BCUT2D eigenvalue weighted by Crippen LogP contribution is -2.27. The van der Waals surface area contributed by atoms with Gasteiger partial charge in [0.05, 0.1) is 12.7 Å². The normalized spacial score (nSPS) is 9.54. The first-order chi connectivity index (χ1) is 6.33. The maximum absolute atomic E-state index is 11.1. The number of hydrogen-bond donors (Lipinski definition) is 2. The van der Waals surface area contributed by atoms with Crippen LogP contribution in [0.15, 0.2) is 18.9 Å². The lowest BCUT2D eigenvalue weighted by Gasteiger charge is -2.00. The molecule has 0 bridgehead atoms. The molecule has 5 nitrogen and oxygen atoms in total. The van der Waals surface area contributed by atoms with Crippen LogP contribution in [0.5, 0.6) is 0 Å². The van der Waals surface area contributed by atoms with Crippen LogP contribution in [0.25, 0.3) is 0 Å². The zero-order valence-corrected chi connectivity index (χ0v) is 7.80. The second kappa shape index (κ2) is 5.39. The smallest absolute Gasteiger partial charge is 0.239 e. The summed E-state index contributed by atoms with van der Waals surface area (Å²) in [5, 5.41) is 9.77. The van der Waals surface area contributed by atoms with Crippen molar-refractivity contribution in [1.29, 1.82) is 0 Å². The predicted octanol–water partition coefficient (Wildman–Crippen LogP) is 0.252. The van der Waals surface area contributed by atoms with E-state index in [2.05, 4.69) is 26.8 Å². The van der Waals surface area contributed by atoms with Gasteiger partial charge in [-0.15, -0.1) is 11.7 Å². The van der Waals surface area contributed by atoms with E-state index < -0.39 is 0 Å². The van der Waals surface area contributed by atoms with Gasteiger partial charge in [0.2, 0.25) is 5.91 Å². The molecular formula is C7H10N4OS. The quantitative estimate of drug-likeness (QED) is 0.526. The van der Waals surface area contributed by atoms with Gasteiger partial charge in [-0.25, -0.2) is 0 Å². The zero-order chi connectivity index (χ0) is 9.52. The van der Waals surface area contributed by atoms with Crippen LogP contribution in [0.1, 0.15) is 0 Å². The van der Waals surface area contributed by atoms with Crippen LogP contribution in [0, 0.1) is 0 Å². The molecule has 13 heavy (non-hydrogen) atoms. The Morgan fingerprint density at radius 1 is 1.77 bits per heavy atom. The molecular weight excluding hydrogens is 188 g/mol. The van der Waals surface area contributed by atoms with Gasteiger partial charge in [-0.05, 0) is 0 Å². The van der Waals surface area contributed by atoms with Gasteiger partial charge < -0.3 is 10.6 Å². The Hall–Kier alpha value is -1.27. The first kappa shape index (κ1) is 9.82. The molecule has 0 saturated carbocycles. The Bertz CT molecular complexity index is 272. The number of carbonyl (C=O) groups is 1. The Morgan fingerprint density at radius 2 is 2.62 bits per heavy atom. The van der Waals surface area contributed by atoms with Gasteiger partial charge in [-0.1, -0.05) is 10.6 Å². The van der Waals surface area contributed by atoms with Gasteiger partial charge in [0.1, 0.15) is 5.00 Å². The Labute approximate surface area is 80.0 Å². The summed E-state index contributed by atoms with van der Waals surface area (Å²) in [4.78, 5) is 11.1. The maximum atomic E-state index is 11.1. The average Bonchev–Trinajstić information content (AvgIpc) is 2.57. The van der Waals surface area contributed by atoms with Crippen LogP contribution < -0.4 is 10.6 Å². The Morgan fingerprint density at radius 3 is 3.23 bits per heavy atom. The minimum Gasteiger partial charge on any atom is -0.314 e. The molecule has 2 N–H and O–H groups in total. The molecule has 0 aliphatic rings. The first-order valence-electron chi connectivity index (χ1n) is 3.71. The molecule has 1 rings (SSSR count). The summed E-state index contributed by atoms with van der Waals surface area (Å²) >= 11 is 1.15. The number of hydrogen-bond acceptors (Lipinski definition) is 5. The monoisotopic (exact) mass is 198 g/mol. The topological polar surface area (TPSA) is 66.9 Å². The molecule has 70 valence electrons. The number of anilines is 1. The molecule has 0 aliphatic carbocycles. The summed E-state index contributed by atoms with van der Waals surface area (Å²) in [5.41, 5.74) is 0. The third-order valence-electron chi connectivity index (χ3n) is 1.20. The van der Waals surface area contributed by atoms with Crippen molar-refractivity contribution in [2.75, 3.05) is 18.4 Å². The third-order valence-corrected chi connectivity index (χ3v) is 1.78. The third kappa shape index (κ3) is 3.77. The minimum atomic E-state index is -0.104. The lowest BCUT2D eigenvalue weighted by molar-refractivity contribution is -0.115. The number of rotatable bonds is 5. The number of amides is 1. The van der Waals surface area contributed by atoms with Gasteiger partial charge in [0.15, 0.2) is 0 Å². The summed E-state index contributed by atoms with van der Waals surface area (Å²) in [7, 11) is 0. The van der Waals surface area contributed by atoms with Gasteiger partial charge in [0, 0.05) is 18.1 Å². The van der Waals surface area contributed by atoms with E-state index in [1.807, 2.05) is 0 Å². The van der Waals surface area contributed by atoms with Crippen molar-refractivity contribution < 1.29 is 4.79 Å². The van der Waals surface area contributed by atoms with Gasteiger partial charge in [-0.3, -0.25) is 4.79 Å². The Kier molecular flexibility index (Phi) is 4.07. The van der Waals surface area contributed by atoms with Crippen LogP contribution in [0.3, 0.4) is 0 Å². The van der Waals surface area contributed by atoms with E-state index >= 15 is 0 Å². The number of aromatic nitrogens is 2. The van der Waals surface area contributed by atoms with Gasteiger partial charge >= 0.3 is 0 Å². The van der Waals surface area contributed by atoms with Crippen molar-refractivity contribution in [2.45, 2.75) is 0 Å². The molecule has 0 saturated heterocycles. The van der Waals surface area contributed by atoms with Crippen LogP contribution in [0.4, 0.5) is 5.00 Å². The molecule has 0 atom stereocenters. The van der Waals surface area contributed by atoms with Crippen LogP contribution >= 0.6 is 11.5 Å². The highest BCUT2D eigenvalue weighted by atomic mass is 32.1. The summed E-state index contributed by atoms with van der Waals surface area (Å²) in [5.74, 6) is -0.104. The van der Waals surface area contributed by atoms with E-state index in [0.717, 1.165) is 11.5 Å². The fourth-order valence-corrected chi connectivity index (χ4v) is 1.13. The van der Waals surface area contributed by atoms with Crippen molar-refractivity contribution in [3.8, 4) is 0 Å². The molecule has 1 amide bonds. The molecule has 0 radical (unpaired) electrons. The van der Waals surface area contributed by atoms with Crippen molar-refractivity contribution in [3.05, 3.63) is 18.9 Å². The lowest BCUT2D eigenvalue weighted by atomic mass is 10.5. The Balaban J connectivity index is 2.22. The van der Waals surface area contributed by atoms with Crippen molar-refractivity contribution in [1.82, 2.24) is 14.9 Å². The molecule has 0 aliphatic heterocycles. The van der Waals surface area contributed by atoms with E-state index in [9.17, 15) is 4.79 Å². The fourth-order valence-electron chi connectivity index (χ4n) is 0.692. The highest BCUT2D eigenvalue weighted by Crippen LogP contribution is 2.07. The summed E-state index contributed by atoms with van der Waals surface area (Å²) in [6.45, 7) is 4.41. The molecule has 1 aromatic heterocycles. The molecule has 1 heterocycles. The first-order valence-corrected chi connectivity index (χ1v) is 4.49. The zero-order valence-electron chi connectivity index (χ0n) is 6.99. The van der Waals surface area contributed by atoms with Gasteiger partial charge in [0.25, 0.3) is 0 Å². The number of carbonyl (C=O) groups excluding carboxylic acids is 1. The van der Waals surface area contributed by atoms with Crippen LogP contribution in [-0.4, -0.2) is 28.6 Å². The highest BCUT2D eigenvalue weighted by Gasteiger charge is 2.01. The minimum absolute atomic E-state index is 0.104. The summed E-state index contributed by atoms with van der Waals surface area (Å²) < 4.78 is 3.61. The fraction of sp³-hybridized carbons (Fsp3) is 0.286. The second-order valence-electron chi connectivity index (χ2n) is 2.25.